The van der Waals surface area contributed by atoms with Crippen molar-refractivity contribution < 1.29 is 19.6 Å². The Kier molecular flexibility index (Phi) is 13.2. The summed E-state index contributed by atoms with van der Waals surface area (Å²) in [7, 11) is -0.0719. The fraction of sp³-hybridized carbons (Fsp3) is 0.857. The molecule has 0 spiro atoms. The molecule has 1 aliphatic carbocycles. The van der Waals surface area contributed by atoms with Crippen molar-refractivity contribution in [3.8, 4) is 0 Å². The lowest BCUT2D eigenvalue weighted by atomic mass is 9.75. The number of hydrogen-bond acceptors (Lipinski definition) is 5. The van der Waals surface area contributed by atoms with Gasteiger partial charge in [0.05, 0.1) is 5.94 Å². The maximum Gasteiger partial charge on any atom is 0.475 e. The third-order valence-corrected chi connectivity index (χ3v) is 5.73. The molecule has 1 fully saturated rings. The third kappa shape index (κ3) is 12.0. The first kappa shape index (κ1) is 27.2. The van der Waals surface area contributed by atoms with Gasteiger partial charge in [-0.2, -0.15) is 0 Å². The molecule has 1 rings (SSSR count). The van der Waals surface area contributed by atoms with Crippen molar-refractivity contribution in [2.24, 2.45) is 22.6 Å². The van der Waals surface area contributed by atoms with Crippen molar-refractivity contribution in [3.05, 3.63) is 0 Å². The van der Waals surface area contributed by atoms with Crippen LogP contribution >= 0.6 is 0 Å². The summed E-state index contributed by atoms with van der Waals surface area (Å²) >= 11 is 0. The third-order valence-electron chi connectivity index (χ3n) is 5.73. The first-order valence-corrected chi connectivity index (χ1v) is 11.6. The number of guanidine groups is 1. The Labute approximate surface area is 187 Å². The molecule has 0 heterocycles. The van der Waals surface area contributed by atoms with Crippen LogP contribution in [0, 0.1) is 11.8 Å². The highest BCUT2D eigenvalue weighted by Crippen LogP contribution is 2.25. The van der Waals surface area contributed by atoms with Gasteiger partial charge in [-0.1, -0.05) is 39.5 Å². The monoisotopic (exact) mass is 439 g/mol. The van der Waals surface area contributed by atoms with E-state index in [4.69, 9.17) is 5.73 Å². The Morgan fingerprint density at radius 2 is 1.77 bits per heavy atom. The highest BCUT2D eigenvalue weighted by molar-refractivity contribution is 6.43. The van der Waals surface area contributed by atoms with Gasteiger partial charge in [-0.3, -0.25) is 14.6 Å². The average molecular weight is 439 g/mol. The normalized spacial score (nSPS) is 17.5. The Hall–Kier alpha value is -1.81. The van der Waals surface area contributed by atoms with E-state index in [1.54, 1.807) is 7.05 Å². The minimum absolute atomic E-state index is 0.125. The van der Waals surface area contributed by atoms with Crippen molar-refractivity contribution in [1.29, 1.82) is 0 Å². The summed E-state index contributed by atoms with van der Waals surface area (Å²) in [4.78, 5) is 29.4. The summed E-state index contributed by atoms with van der Waals surface area (Å²) in [6, 6.07) is -0.742. The summed E-state index contributed by atoms with van der Waals surface area (Å²) < 4.78 is 0. The fourth-order valence-electron chi connectivity index (χ4n) is 4.00. The van der Waals surface area contributed by atoms with Crippen molar-refractivity contribution in [1.82, 2.24) is 16.0 Å². The number of hydrogen-bond donors (Lipinski definition) is 6. The number of aliphatic imine (C=N–C) groups is 1. The number of rotatable bonds is 12. The summed E-state index contributed by atoms with van der Waals surface area (Å²) in [6.45, 7) is 4.40. The van der Waals surface area contributed by atoms with Crippen LogP contribution in [0.3, 0.4) is 0 Å². The van der Waals surface area contributed by atoms with Crippen LogP contribution < -0.4 is 21.7 Å². The quantitative estimate of drug-likeness (QED) is 0.0866. The zero-order valence-electron chi connectivity index (χ0n) is 19.4. The molecule has 178 valence electrons. The predicted molar refractivity (Wildman–Crippen MR) is 124 cm³/mol. The van der Waals surface area contributed by atoms with Gasteiger partial charge in [0, 0.05) is 20.0 Å². The minimum atomic E-state index is -1.66. The number of nitrogens with zero attached hydrogens (tertiary/aromatic N) is 1. The van der Waals surface area contributed by atoms with E-state index < -0.39 is 25.0 Å². The van der Waals surface area contributed by atoms with Gasteiger partial charge in [-0.05, 0) is 43.9 Å². The van der Waals surface area contributed by atoms with Crippen molar-refractivity contribution in [3.63, 3.8) is 0 Å². The molecule has 1 saturated carbocycles. The molecule has 9 nitrogen and oxygen atoms in total. The van der Waals surface area contributed by atoms with E-state index in [0.717, 1.165) is 25.7 Å². The van der Waals surface area contributed by atoms with E-state index in [2.05, 4.69) is 20.9 Å². The zero-order chi connectivity index (χ0) is 23.2. The molecule has 31 heavy (non-hydrogen) atoms. The molecule has 7 N–H and O–H groups in total. The largest absolute Gasteiger partial charge is 0.475 e. The Balaban J connectivity index is 2.71. The molecule has 0 unspecified atom stereocenters. The minimum Gasteiger partial charge on any atom is -0.426 e. The van der Waals surface area contributed by atoms with Crippen LogP contribution in [0.1, 0.15) is 78.1 Å². The lowest BCUT2D eigenvalue weighted by Gasteiger charge is -2.25. The van der Waals surface area contributed by atoms with Gasteiger partial charge in [0.15, 0.2) is 5.96 Å². The molecule has 0 aromatic carbocycles. The predicted octanol–water partition coefficient (Wildman–Crippen LogP) is 0.689. The van der Waals surface area contributed by atoms with E-state index >= 15 is 0 Å². The van der Waals surface area contributed by atoms with Gasteiger partial charge in [-0.25, -0.2) is 0 Å². The maximum absolute atomic E-state index is 12.9. The molecule has 0 saturated heterocycles. The van der Waals surface area contributed by atoms with E-state index in [9.17, 15) is 19.6 Å². The van der Waals surface area contributed by atoms with Crippen molar-refractivity contribution >= 4 is 24.9 Å². The van der Waals surface area contributed by atoms with Crippen LogP contribution in [-0.4, -0.2) is 60.5 Å². The summed E-state index contributed by atoms with van der Waals surface area (Å²) in [5, 5.41) is 27.8. The number of carbonyl (C=O) groups excluding carboxylic acids is 2. The second kappa shape index (κ2) is 15.1. The van der Waals surface area contributed by atoms with Crippen molar-refractivity contribution in [2.75, 3.05) is 13.6 Å². The van der Waals surface area contributed by atoms with Gasteiger partial charge in [0.2, 0.25) is 11.8 Å². The van der Waals surface area contributed by atoms with Crippen LogP contribution in [0.4, 0.5) is 0 Å². The van der Waals surface area contributed by atoms with Gasteiger partial charge in [-0.15, -0.1) is 0 Å². The van der Waals surface area contributed by atoms with Crippen LogP contribution in [0.15, 0.2) is 4.99 Å². The van der Waals surface area contributed by atoms with Gasteiger partial charge < -0.3 is 31.7 Å². The Bertz CT molecular complexity index is 566. The molecule has 10 heteroatoms. The molecule has 2 amide bonds. The summed E-state index contributed by atoms with van der Waals surface area (Å²) in [5.74, 6) is -0.449. The first-order valence-electron chi connectivity index (χ1n) is 11.6. The van der Waals surface area contributed by atoms with Crippen LogP contribution in [0.25, 0.3) is 0 Å². The number of nitrogens with two attached hydrogens (primary N) is 1. The van der Waals surface area contributed by atoms with E-state index in [1.165, 1.54) is 12.8 Å². The first-order chi connectivity index (χ1) is 14.7. The standard InChI is InChI=1S/C21H42BN5O4/c1-15(2)13-18(22(30)31)27-20(29)17(11-8-12-25-21(23)24-3)26-19(28)14-16-9-6-4-5-7-10-16/h15-18,30-31H,4-14H2,1-3H3,(H,26,28)(H,27,29)(H3,23,24,25)/t17-,18-/m0/s1. The summed E-state index contributed by atoms with van der Waals surface area (Å²) in [5.41, 5.74) is 5.63. The van der Waals surface area contributed by atoms with Gasteiger partial charge in [0.1, 0.15) is 6.04 Å². The molecule has 0 aromatic heterocycles. The molecule has 0 aliphatic heterocycles. The molecule has 1 aliphatic rings. The van der Waals surface area contributed by atoms with Gasteiger partial charge in [0.25, 0.3) is 0 Å². The Morgan fingerprint density at radius 3 is 2.32 bits per heavy atom. The number of nitrogens with one attached hydrogen (secondary N) is 3. The molecule has 0 bridgehead atoms. The number of carbonyl (C=O) groups is 2. The van der Waals surface area contributed by atoms with Crippen LogP contribution in [-0.2, 0) is 9.59 Å². The highest BCUT2D eigenvalue weighted by Gasteiger charge is 2.30. The Morgan fingerprint density at radius 1 is 1.13 bits per heavy atom. The SMILES string of the molecule is CN=C(N)NCCC[C@H](NC(=O)CC1CCCCCC1)C(=O)N[C@@H](CC(C)C)B(O)O. The molecule has 0 aromatic rings. The second-order valence-electron chi connectivity index (χ2n) is 9.02. The average Bonchev–Trinajstić information content (AvgIpc) is 2.97. The lowest BCUT2D eigenvalue weighted by molar-refractivity contribution is -0.130. The topological polar surface area (TPSA) is 149 Å². The van der Waals surface area contributed by atoms with Crippen LogP contribution in [0.2, 0.25) is 0 Å². The van der Waals surface area contributed by atoms with Crippen LogP contribution in [0.5, 0.6) is 0 Å². The van der Waals surface area contributed by atoms with E-state index in [1.807, 2.05) is 13.8 Å². The van der Waals surface area contributed by atoms with Gasteiger partial charge >= 0.3 is 7.12 Å². The molecule has 0 radical (unpaired) electrons. The van der Waals surface area contributed by atoms with E-state index in [0.29, 0.717) is 44.1 Å². The van der Waals surface area contributed by atoms with Crippen molar-refractivity contribution in [2.45, 2.75) is 90.0 Å². The second-order valence-corrected chi connectivity index (χ2v) is 9.02. The fourth-order valence-corrected chi connectivity index (χ4v) is 4.00. The number of amides is 2. The lowest BCUT2D eigenvalue weighted by Crippen LogP contribution is -2.54. The molecular formula is C21H42BN5O4. The zero-order valence-corrected chi connectivity index (χ0v) is 19.4. The smallest absolute Gasteiger partial charge is 0.426 e. The molecular weight excluding hydrogens is 397 g/mol. The summed E-state index contributed by atoms with van der Waals surface area (Å²) in [6.07, 6.45) is 8.71. The van der Waals surface area contributed by atoms with E-state index in [-0.39, 0.29) is 11.8 Å². The molecule has 2 atom stereocenters. The highest BCUT2D eigenvalue weighted by atomic mass is 16.4. The maximum atomic E-state index is 12.9.